The van der Waals surface area contributed by atoms with Gasteiger partial charge in [-0.05, 0) is 50.5 Å². The number of hydrogen-bond acceptors (Lipinski definition) is 4. The molecule has 0 aliphatic carbocycles. The predicted octanol–water partition coefficient (Wildman–Crippen LogP) is 3.67. The third-order valence-electron chi connectivity index (χ3n) is 5.27. The van der Waals surface area contributed by atoms with Crippen LogP contribution < -0.4 is 9.62 Å². The summed E-state index contributed by atoms with van der Waals surface area (Å²) in [6, 6.07) is 11.7. The highest BCUT2D eigenvalue weighted by Gasteiger charge is 2.30. The van der Waals surface area contributed by atoms with Gasteiger partial charge in [0.25, 0.3) is 0 Å². The second-order valence-corrected chi connectivity index (χ2v) is 10.5. The second kappa shape index (κ2) is 11.5. The number of carbonyl (C=O) groups excluding carboxylic acids is 2. The number of benzene rings is 2. The highest BCUT2D eigenvalue weighted by atomic mass is 35.5. The maximum Gasteiger partial charge on any atom is 0.244 e. The minimum absolute atomic E-state index is 0.174. The molecule has 0 heterocycles. The molecule has 180 valence electrons. The number of carbonyl (C=O) groups is 2. The number of aryl methyl sites for hydroxylation is 2. The standard InChI is InChI=1S/C24H32ClN3O4S/c1-6-12-26-24(30)19(4)27(15-20-9-7-8-17(2)13-20)23(29)16-28(33(5,31)32)22-14-21(25)11-10-18(22)3/h7-11,13-14,19H,6,12,15-16H2,1-5H3,(H,26,30). The van der Waals surface area contributed by atoms with Crippen molar-refractivity contribution < 1.29 is 18.0 Å². The van der Waals surface area contributed by atoms with Gasteiger partial charge in [0.05, 0.1) is 11.9 Å². The molecule has 0 aromatic heterocycles. The largest absolute Gasteiger partial charge is 0.354 e. The van der Waals surface area contributed by atoms with E-state index in [0.717, 1.165) is 28.1 Å². The van der Waals surface area contributed by atoms with E-state index in [1.54, 1.807) is 26.0 Å². The fraction of sp³-hybridized carbons (Fsp3) is 0.417. The van der Waals surface area contributed by atoms with Crippen molar-refractivity contribution in [3.8, 4) is 0 Å². The van der Waals surface area contributed by atoms with Crippen LogP contribution in [0.25, 0.3) is 0 Å². The van der Waals surface area contributed by atoms with Gasteiger partial charge in [-0.3, -0.25) is 13.9 Å². The molecule has 0 fully saturated rings. The lowest BCUT2D eigenvalue weighted by atomic mass is 10.1. The SMILES string of the molecule is CCCNC(=O)C(C)N(Cc1cccc(C)c1)C(=O)CN(c1cc(Cl)ccc1C)S(C)(=O)=O. The smallest absolute Gasteiger partial charge is 0.244 e. The van der Waals surface area contributed by atoms with Crippen LogP contribution in [-0.4, -0.2) is 50.5 Å². The Morgan fingerprint density at radius 3 is 2.42 bits per heavy atom. The van der Waals surface area contributed by atoms with Gasteiger partial charge in [0, 0.05) is 18.1 Å². The Morgan fingerprint density at radius 2 is 1.82 bits per heavy atom. The van der Waals surface area contributed by atoms with Crippen molar-refractivity contribution in [3.05, 3.63) is 64.2 Å². The van der Waals surface area contributed by atoms with E-state index < -0.39 is 28.5 Å². The number of halogens is 1. The Labute approximate surface area is 201 Å². The van der Waals surface area contributed by atoms with Crippen LogP contribution in [0.1, 0.15) is 37.0 Å². The number of amides is 2. The molecular weight excluding hydrogens is 462 g/mol. The third kappa shape index (κ3) is 7.47. The van der Waals surface area contributed by atoms with Crippen molar-refractivity contribution in [2.24, 2.45) is 0 Å². The molecule has 1 unspecified atom stereocenters. The van der Waals surface area contributed by atoms with Crippen LogP contribution >= 0.6 is 11.6 Å². The molecule has 0 radical (unpaired) electrons. The quantitative estimate of drug-likeness (QED) is 0.547. The molecular formula is C24H32ClN3O4S. The van der Waals surface area contributed by atoms with Gasteiger partial charge in [0.15, 0.2) is 0 Å². The minimum Gasteiger partial charge on any atom is -0.354 e. The molecule has 2 aromatic rings. The van der Waals surface area contributed by atoms with Crippen LogP contribution in [0, 0.1) is 13.8 Å². The number of nitrogens with one attached hydrogen (secondary N) is 1. The molecule has 1 N–H and O–H groups in total. The normalized spacial score (nSPS) is 12.2. The maximum atomic E-state index is 13.5. The van der Waals surface area contributed by atoms with Crippen molar-refractivity contribution >= 4 is 39.1 Å². The number of hydrogen-bond donors (Lipinski definition) is 1. The topological polar surface area (TPSA) is 86.8 Å². The number of nitrogens with zero attached hydrogens (tertiary/aromatic N) is 2. The Kier molecular flexibility index (Phi) is 9.31. The van der Waals surface area contributed by atoms with Crippen LogP contribution in [0.3, 0.4) is 0 Å². The third-order valence-corrected chi connectivity index (χ3v) is 6.63. The zero-order chi connectivity index (χ0) is 24.8. The second-order valence-electron chi connectivity index (χ2n) is 8.18. The van der Waals surface area contributed by atoms with Gasteiger partial charge in [-0.25, -0.2) is 8.42 Å². The van der Waals surface area contributed by atoms with Crippen molar-refractivity contribution in [2.45, 2.75) is 46.7 Å². The zero-order valence-corrected chi connectivity index (χ0v) is 21.3. The van der Waals surface area contributed by atoms with Crippen molar-refractivity contribution in [3.63, 3.8) is 0 Å². The van der Waals surface area contributed by atoms with E-state index >= 15 is 0 Å². The molecule has 0 aliphatic rings. The first-order valence-electron chi connectivity index (χ1n) is 10.8. The van der Waals surface area contributed by atoms with E-state index in [9.17, 15) is 18.0 Å². The number of sulfonamides is 1. The summed E-state index contributed by atoms with van der Waals surface area (Å²) in [5.74, 6) is -0.775. The number of rotatable bonds is 10. The van der Waals surface area contributed by atoms with Crippen molar-refractivity contribution in [1.29, 1.82) is 0 Å². The van der Waals surface area contributed by atoms with E-state index in [1.165, 1.54) is 11.0 Å². The Morgan fingerprint density at radius 1 is 1.12 bits per heavy atom. The van der Waals surface area contributed by atoms with Crippen LogP contribution in [0.4, 0.5) is 5.69 Å². The van der Waals surface area contributed by atoms with Crippen molar-refractivity contribution in [1.82, 2.24) is 10.2 Å². The zero-order valence-electron chi connectivity index (χ0n) is 19.8. The van der Waals surface area contributed by atoms with E-state index in [0.29, 0.717) is 22.8 Å². The predicted molar refractivity (Wildman–Crippen MR) is 133 cm³/mol. The van der Waals surface area contributed by atoms with Gasteiger partial charge in [0.1, 0.15) is 12.6 Å². The van der Waals surface area contributed by atoms with Gasteiger partial charge >= 0.3 is 0 Å². The molecule has 0 saturated heterocycles. The Hall–Kier alpha value is -2.58. The van der Waals surface area contributed by atoms with Gasteiger partial charge < -0.3 is 10.2 Å². The van der Waals surface area contributed by atoms with Crippen molar-refractivity contribution in [2.75, 3.05) is 23.7 Å². The minimum atomic E-state index is -3.80. The Bertz CT molecular complexity index is 1100. The summed E-state index contributed by atoms with van der Waals surface area (Å²) >= 11 is 6.10. The first-order chi connectivity index (χ1) is 15.4. The Balaban J connectivity index is 2.42. The van der Waals surface area contributed by atoms with Gasteiger partial charge in [-0.2, -0.15) is 0 Å². The molecule has 0 saturated carbocycles. The molecule has 0 bridgehead atoms. The number of anilines is 1. The molecule has 9 heteroatoms. The molecule has 7 nitrogen and oxygen atoms in total. The summed E-state index contributed by atoms with van der Waals surface area (Å²) in [4.78, 5) is 27.6. The first-order valence-corrected chi connectivity index (χ1v) is 13.0. The van der Waals surface area contributed by atoms with E-state index in [1.807, 2.05) is 38.1 Å². The van der Waals surface area contributed by atoms with Crippen LogP contribution in [0.5, 0.6) is 0 Å². The highest BCUT2D eigenvalue weighted by Crippen LogP contribution is 2.26. The van der Waals surface area contributed by atoms with Crippen LogP contribution in [0.2, 0.25) is 5.02 Å². The summed E-state index contributed by atoms with van der Waals surface area (Å²) in [6.45, 7) is 7.50. The highest BCUT2D eigenvalue weighted by molar-refractivity contribution is 7.92. The van der Waals surface area contributed by atoms with Crippen LogP contribution in [0.15, 0.2) is 42.5 Å². The molecule has 2 aromatic carbocycles. The molecule has 33 heavy (non-hydrogen) atoms. The lowest BCUT2D eigenvalue weighted by molar-refractivity contribution is -0.139. The summed E-state index contributed by atoms with van der Waals surface area (Å²) < 4.78 is 26.3. The molecule has 0 spiro atoms. The average molecular weight is 494 g/mol. The summed E-state index contributed by atoms with van der Waals surface area (Å²) in [7, 11) is -3.80. The van der Waals surface area contributed by atoms with Gasteiger partial charge in [0.2, 0.25) is 21.8 Å². The maximum absolute atomic E-state index is 13.5. The monoisotopic (exact) mass is 493 g/mol. The lowest BCUT2D eigenvalue weighted by Crippen LogP contribution is -2.51. The first kappa shape index (κ1) is 26.7. The van der Waals surface area contributed by atoms with E-state index in [4.69, 9.17) is 11.6 Å². The lowest BCUT2D eigenvalue weighted by Gasteiger charge is -2.32. The summed E-state index contributed by atoms with van der Waals surface area (Å²) in [5.41, 5.74) is 2.87. The molecule has 2 amide bonds. The molecule has 1 atom stereocenters. The molecule has 2 rings (SSSR count). The fourth-order valence-electron chi connectivity index (χ4n) is 3.43. The van der Waals surface area contributed by atoms with Crippen LogP contribution in [-0.2, 0) is 26.2 Å². The van der Waals surface area contributed by atoms with E-state index in [2.05, 4.69) is 5.32 Å². The fourth-order valence-corrected chi connectivity index (χ4v) is 4.50. The van der Waals surface area contributed by atoms with Gasteiger partial charge in [-0.15, -0.1) is 0 Å². The van der Waals surface area contributed by atoms with Gasteiger partial charge in [-0.1, -0.05) is 54.4 Å². The summed E-state index contributed by atoms with van der Waals surface area (Å²) in [5, 5.41) is 3.18. The van der Waals surface area contributed by atoms with E-state index in [-0.39, 0.29) is 12.5 Å². The summed E-state index contributed by atoms with van der Waals surface area (Å²) in [6.07, 6.45) is 1.81. The average Bonchev–Trinajstić information content (AvgIpc) is 2.74. The molecule has 0 aliphatic heterocycles.